The number of amides is 1. The van der Waals surface area contributed by atoms with Crippen molar-refractivity contribution >= 4 is 17.7 Å². The van der Waals surface area contributed by atoms with Crippen molar-refractivity contribution in [3.8, 4) is 23.0 Å². The van der Waals surface area contributed by atoms with E-state index < -0.39 is 0 Å². The van der Waals surface area contributed by atoms with Crippen LogP contribution in [0.15, 0.2) is 42.5 Å². The molecule has 0 spiro atoms. The number of carbonyl (C=O) groups is 1. The number of hydrogen-bond acceptors (Lipinski definition) is 5. The van der Waals surface area contributed by atoms with Gasteiger partial charge in [-0.25, -0.2) is 0 Å². The molecular weight excluding hydrogens is 370 g/mol. The van der Waals surface area contributed by atoms with Crippen molar-refractivity contribution in [3.63, 3.8) is 0 Å². The minimum atomic E-state index is -0.265. The smallest absolute Gasteiger partial charge is 0.248 e. The van der Waals surface area contributed by atoms with Crippen LogP contribution in [-0.4, -0.2) is 33.3 Å². The Hall–Kier alpha value is -3.15. The molecule has 6 heteroatoms. The summed E-state index contributed by atoms with van der Waals surface area (Å²) in [5.41, 5.74) is 1.38. The fourth-order valence-electron chi connectivity index (χ4n) is 2.56. The summed E-state index contributed by atoms with van der Waals surface area (Å²) in [6.07, 6.45) is 4.93. The first-order valence-corrected chi connectivity index (χ1v) is 9.72. The third-order valence-electron chi connectivity index (χ3n) is 3.99. The molecule has 0 saturated carbocycles. The molecule has 0 aliphatic heterocycles. The number of nitrogens with one attached hydrogen (secondary N) is 1. The molecule has 0 unspecified atom stereocenters. The first-order valence-electron chi connectivity index (χ1n) is 9.72. The quantitative estimate of drug-likeness (QED) is 0.543. The molecule has 0 fully saturated rings. The molecule has 2 aromatic carbocycles. The first kappa shape index (κ1) is 22.1. The van der Waals surface area contributed by atoms with Gasteiger partial charge in [0, 0.05) is 23.4 Å². The molecule has 0 radical (unpaired) electrons. The van der Waals surface area contributed by atoms with Gasteiger partial charge in [-0.2, -0.15) is 0 Å². The number of anilines is 1. The minimum Gasteiger partial charge on any atom is -0.497 e. The molecule has 1 N–H and O–H groups in total. The zero-order valence-corrected chi connectivity index (χ0v) is 17.5. The van der Waals surface area contributed by atoms with Gasteiger partial charge in [0.05, 0.1) is 27.4 Å². The highest BCUT2D eigenvalue weighted by atomic mass is 16.5. The van der Waals surface area contributed by atoms with Gasteiger partial charge in [-0.05, 0) is 49.2 Å². The van der Waals surface area contributed by atoms with Crippen LogP contribution in [0.5, 0.6) is 23.0 Å². The van der Waals surface area contributed by atoms with Crippen LogP contribution in [0, 0.1) is 0 Å². The fourth-order valence-corrected chi connectivity index (χ4v) is 2.56. The van der Waals surface area contributed by atoms with Crippen LogP contribution in [-0.2, 0) is 4.79 Å². The Labute approximate surface area is 172 Å². The summed E-state index contributed by atoms with van der Waals surface area (Å²) in [6, 6.07) is 10.8. The highest BCUT2D eigenvalue weighted by Crippen LogP contribution is 2.31. The van der Waals surface area contributed by atoms with E-state index in [1.54, 1.807) is 50.6 Å². The molecule has 2 rings (SSSR count). The lowest BCUT2D eigenvalue weighted by Crippen LogP contribution is -2.08. The van der Waals surface area contributed by atoms with Crippen molar-refractivity contribution in [2.45, 2.75) is 26.7 Å². The van der Waals surface area contributed by atoms with Crippen molar-refractivity contribution in [1.29, 1.82) is 0 Å². The third kappa shape index (κ3) is 6.75. The summed E-state index contributed by atoms with van der Waals surface area (Å²) < 4.78 is 22.0. The van der Waals surface area contributed by atoms with Gasteiger partial charge in [0.15, 0.2) is 11.5 Å². The molecule has 0 heterocycles. The lowest BCUT2D eigenvalue weighted by Gasteiger charge is -2.13. The predicted octanol–water partition coefficient (Wildman–Crippen LogP) is 4.93. The highest BCUT2D eigenvalue weighted by molar-refractivity contribution is 6.02. The maximum Gasteiger partial charge on any atom is 0.248 e. The third-order valence-corrected chi connectivity index (χ3v) is 3.99. The molecule has 29 heavy (non-hydrogen) atoms. The molecule has 156 valence electrons. The number of rotatable bonds is 11. The summed E-state index contributed by atoms with van der Waals surface area (Å²) in [4.78, 5) is 12.4. The molecule has 6 nitrogen and oxygen atoms in total. The summed E-state index contributed by atoms with van der Waals surface area (Å²) in [6.45, 7) is 5.27. The Morgan fingerprint density at radius 3 is 2.24 bits per heavy atom. The SMILES string of the molecule is CCCOc1ccc(NC(=O)/C=C/c2cc(OC)ccc2OC)cc1OCCC. The zero-order chi connectivity index (χ0) is 21.1. The van der Waals surface area contributed by atoms with E-state index in [1.165, 1.54) is 6.08 Å². The average Bonchev–Trinajstić information content (AvgIpc) is 2.75. The monoisotopic (exact) mass is 399 g/mol. The lowest BCUT2D eigenvalue weighted by atomic mass is 10.1. The van der Waals surface area contributed by atoms with Crippen molar-refractivity contribution in [2.24, 2.45) is 0 Å². The fraction of sp³-hybridized carbons (Fsp3) is 0.348. The summed E-state index contributed by atoms with van der Waals surface area (Å²) >= 11 is 0. The predicted molar refractivity (Wildman–Crippen MR) is 115 cm³/mol. The second-order valence-corrected chi connectivity index (χ2v) is 6.29. The van der Waals surface area contributed by atoms with E-state index in [4.69, 9.17) is 18.9 Å². The van der Waals surface area contributed by atoms with Crippen LogP contribution in [0.1, 0.15) is 32.3 Å². The largest absolute Gasteiger partial charge is 0.497 e. The number of carbonyl (C=O) groups excluding carboxylic acids is 1. The molecule has 0 aliphatic rings. The molecule has 0 aromatic heterocycles. The normalized spacial score (nSPS) is 10.6. The van der Waals surface area contributed by atoms with Crippen molar-refractivity contribution < 1.29 is 23.7 Å². The summed E-state index contributed by atoms with van der Waals surface area (Å²) in [5.74, 6) is 2.37. The Morgan fingerprint density at radius 1 is 0.897 bits per heavy atom. The van der Waals surface area contributed by atoms with Crippen molar-refractivity contribution in [1.82, 2.24) is 0 Å². The van der Waals surface area contributed by atoms with Crippen LogP contribution in [0.2, 0.25) is 0 Å². The molecule has 0 aliphatic carbocycles. The van der Waals surface area contributed by atoms with Gasteiger partial charge in [-0.15, -0.1) is 0 Å². The maximum absolute atomic E-state index is 12.4. The zero-order valence-electron chi connectivity index (χ0n) is 17.5. The van der Waals surface area contributed by atoms with Gasteiger partial charge in [-0.3, -0.25) is 4.79 Å². The number of benzene rings is 2. The minimum absolute atomic E-state index is 0.265. The van der Waals surface area contributed by atoms with E-state index in [9.17, 15) is 4.79 Å². The van der Waals surface area contributed by atoms with Crippen LogP contribution in [0.25, 0.3) is 6.08 Å². The summed E-state index contributed by atoms with van der Waals surface area (Å²) in [5, 5.41) is 2.85. The Balaban J connectivity index is 2.12. The van der Waals surface area contributed by atoms with Crippen LogP contribution in [0.3, 0.4) is 0 Å². The van der Waals surface area contributed by atoms with Gasteiger partial charge in [-0.1, -0.05) is 13.8 Å². The van der Waals surface area contributed by atoms with Crippen LogP contribution >= 0.6 is 0 Å². The number of hydrogen-bond donors (Lipinski definition) is 1. The van der Waals surface area contributed by atoms with Gasteiger partial charge in [0.2, 0.25) is 5.91 Å². The Morgan fingerprint density at radius 2 is 1.59 bits per heavy atom. The Bertz CT molecular complexity index is 832. The molecule has 0 bridgehead atoms. The Kier molecular flexibility index (Phi) is 8.89. The number of ether oxygens (including phenoxy) is 4. The lowest BCUT2D eigenvalue weighted by molar-refractivity contribution is -0.111. The molecule has 0 atom stereocenters. The van der Waals surface area contributed by atoms with E-state index in [0.717, 1.165) is 18.4 Å². The first-order chi connectivity index (χ1) is 14.1. The second kappa shape index (κ2) is 11.6. The van der Waals surface area contributed by atoms with Crippen LogP contribution in [0.4, 0.5) is 5.69 Å². The van der Waals surface area contributed by atoms with Gasteiger partial charge in [0.1, 0.15) is 11.5 Å². The van der Waals surface area contributed by atoms with Gasteiger partial charge in [0.25, 0.3) is 0 Å². The topological polar surface area (TPSA) is 66.0 Å². The highest BCUT2D eigenvalue weighted by Gasteiger charge is 2.09. The van der Waals surface area contributed by atoms with Crippen molar-refractivity contribution in [2.75, 3.05) is 32.8 Å². The molecular formula is C23H29NO5. The summed E-state index contributed by atoms with van der Waals surface area (Å²) in [7, 11) is 3.17. The van der Waals surface area contributed by atoms with Crippen molar-refractivity contribution in [3.05, 3.63) is 48.0 Å². The van der Waals surface area contributed by atoms with E-state index in [1.807, 2.05) is 19.9 Å². The van der Waals surface area contributed by atoms with Crippen LogP contribution < -0.4 is 24.3 Å². The van der Waals surface area contributed by atoms with Gasteiger partial charge < -0.3 is 24.3 Å². The molecule has 1 amide bonds. The van der Waals surface area contributed by atoms with Gasteiger partial charge >= 0.3 is 0 Å². The number of methoxy groups -OCH3 is 2. The van der Waals surface area contributed by atoms with E-state index in [-0.39, 0.29) is 5.91 Å². The molecule has 0 saturated heterocycles. The molecule has 2 aromatic rings. The second-order valence-electron chi connectivity index (χ2n) is 6.29. The van der Waals surface area contributed by atoms with E-state index in [2.05, 4.69) is 5.32 Å². The maximum atomic E-state index is 12.4. The van der Waals surface area contributed by atoms with E-state index in [0.29, 0.717) is 41.9 Å². The average molecular weight is 399 g/mol. The van der Waals surface area contributed by atoms with E-state index >= 15 is 0 Å². The standard InChI is InChI=1S/C23H29NO5/c1-5-13-28-21-10-8-18(16-22(21)29-14-6-2)24-23(25)12-7-17-15-19(26-3)9-11-20(17)27-4/h7-12,15-16H,5-6,13-14H2,1-4H3,(H,24,25)/b12-7+.